The zero-order valence-electron chi connectivity index (χ0n) is 14.1. The molecular formula is C18H24FN3O2. The molecular weight excluding hydrogens is 309 g/mol. The number of anilines is 1. The van der Waals surface area contributed by atoms with Crippen molar-refractivity contribution in [2.45, 2.75) is 32.2 Å². The Morgan fingerprint density at radius 3 is 2.71 bits per heavy atom. The third-order valence-corrected chi connectivity index (χ3v) is 4.95. The van der Waals surface area contributed by atoms with Crippen molar-refractivity contribution in [2.75, 3.05) is 37.6 Å². The van der Waals surface area contributed by atoms with Gasteiger partial charge in [0.2, 0.25) is 11.8 Å². The molecule has 2 saturated heterocycles. The molecule has 1 aromatic rings. The van der Waals surface area contributed by atoms with Gasteiger partial charge >= 0.3 is 0 Å². The van der Waals surface area contributed by atoms with Crippen molar-refractivity contribution in [3.63, 3.8) is 0 Å². The van der Waals surface area contributed by atoms with Crippen molar-refractivity contribution in [1.82, 2.24) is 9.80 Å². The summed E-state index contributed by atoms with van der Waals surface area (Å²) in [7, 11) is 0. The van der Waals surface area contributed by atoms with Gasteiger partial charge in [-0.1, -0.05) is 19.1 Å². The van der Waals surface area contributed by atoms with Crippen molar-refractivity contribution in [3.8, 4) is 0 Å². The fourth-order valence-corrected chi connectivity index (χ4v) is 3.64. The third-order valence-electron chi connectivity index (χ3n) is 4.95. The Kier molecular flexibility index (Phi) is 5.14. The van der Waals surface area contributed by atoms with Crippen LogP contribution in [-0.2, 0) is 9.59 Å². The largest absolute Gasteiger partial charge is 0.341 e. The summed E-state index contributed by atoms with van der Waals surface area (Å²) in [6.45, 7) is 5.33. The van der Waals surface area contributed by atoms with E-state index in [1.807, 2.05) is 11.8 Å². The molecule has 0 spiro atoms. The highest BCUT2D eigenvalue weighted by molar-refractivity contribution is 5.99. The van der Waals surface area contributed by atoms with Crippen molar-refractivity contribution in [3.05, 3.63) is 30.1 Å². The van der Waals surface area contributed by atoms with Gasteiger partial charge in [-0.3, -0.25) is 14.5 Å². The van der Waals surface area contributed by atoms with Crippen LogP contribution in [0.3, 0.4) is 0 Å². The third kappa shape index (κ3) is 3.29. The van der Waals surface area contributed by atoms with E-state index in [1.165, 1.54) is 6.07 Å². The fourth-order valence-electron chi connectivity index (χ4n) is 3.64. The van der Waals surface area contributed by atoms with E-state index >= 15 is 0 Å². The highest BCUT2D eigenvalue weighted by atomic mass is 19.1. The molecule has 1 aromatic carbocycles. The molecule has 2 aliphatic heterocycles. The van der Waals surface area contributed by atoms with Crippen LogP contribution in [0.15, 0.2) is 24.3 Å². The van der Waals surface area contributed by atoms with E-state index in [0.29, 0.717) is 38.2 Å². The van der Waals surface area contributed by atoms with Crippen LogP contribution in [0.1, 0.15) is 26.2 Å². The van der Waals surface area contributed by atoms with Crippen molar-refractivity contribution in [1.29, 1.82) is 0 Å². The van der Waals surface area contributed by atoms with Crippen LogP contribution >= 0.6 is 0 Å². The van der Waals surface area contributed by atoms with Crippen LogP contribution < -0.4 is 4.90 Å². The Morgan fingerprint density at radius 1 is 1.17 bits per heavy atom. The average molecular weight is 333 g/mol. The van der Waals surface area contributed by atoms with Gasteiger partial charge < -0.3 is 9.80 Å². The molecule has 2 amide bonds. The van der Waals surface area contributed by atoms with Gasteiger partial charge in [-0.05, 0) is 25.0 Å². The molecule has 6 heteroatoms. The fraction of sp³-hybridized carbons (Fsp3) is 0.556. The van der Waals surface area contributed by atoms with Gasteiger partial charge in [0, 0.05) is 39.1 Å². The van der Waals surface area contributed by atoms with Gasteiger partial charge in [0.05, 0.1) is 11.7 Å². The maximum absolute atomic E-state index is 14.0. The number of halogens is 1. The summed E-state index contributed by atoms with van der Waals surface area (Å²) in [5.41, 5.74) is 0.364. The van der Waals surface area contributed by atoms with Crippen LogP contribution in [0, 0.1) is 5.82 Å². The zero-order valence-corrected chi connectivity index (χ0v) is 14.1. The van der Waals surface area contributed by atoms with E-state index in [2.05, 4.69) is 4.90 Å². The van der Waals surface area contributed by atoms with E-state index in [4.69, 9.17) is 0 Å². The van der Waals surface area contributed by atoms with E-state index in [9.17, 15) is 14.0 Å². The lowest BCUT2D eigenvalue weighted by molar-refractivity contribution is -0.130. The maximum atomic E-state index is 14.0. The highest BCUT2D eigenvalue weighted by Gasteiger charge is 2.38. The molecule has 24 heavy (non-hydrogen) atoms. The number of carbonyl (C=O) groups excluding carboxylic acids is 2. The summed E-state index contributed by atoms with van der Waals surface area (Å²) < 4.78 is 14.0. The number of hydrogen-bond donors (Lipinski definition) is 0. The van der Waals surface area contributed by atoms with E-state index in [0.717, 1.165) is 19.5 Å². The highest BCUT2D eigenvalue weighted by Crippen LogP contribution is 2.27. The van der Waals surface area contributed by atoms with Gasteiger partial charge in [-0.25, -0.2) is 4.39 Å². The first-order valence-electron chi connectivity index (χ1n) is 8.69. The number of amides is 2. The predicted molar refractivity (Wildman–Crippen MR) is 90.2 cm³/mol. The molecule has 1 atom stereocenters. The maximum Gasteiger partial charge on any atom is 0.244 e. The van der Waals surface area contributed by atoms with Gasteiger partial charge in [-0.15, -0.1) is 0 Å². The molecule has 0 N–H and O–H groups in total. The summed E-state index contributed by atoms with van der Waals surface area (Å²) in [5, 5.41) is 0. The summed E-state index contributed by atoms with van der Waals surface area (Å²) >= 11 is 0. The van der Waals surface area contributed by atoms with Gasteiger partial charge in [0.25, 0.3) is 0 Å². The van der Waals surface area contributed by atoms with E-state index in [1.54, 1.807) is 23.1 Å². The van der Waals surface area contributed by atoms with E-state index < -0.39 is 0 Å². The molecule has 2 fully saturated rings. The predicted octanol–water partition coefficient (Wildman–Crippen LogP) is 1.88. The van der Waals surface area contributed by atoms with Crippen molar-refractivity contribution < 1.29 is 14.0 Å². The molecule has 0 saturated carbocycles. The number of carbonyl (C=O) groups is 2. The average Bonchev–Trinajstić information content (AvgIpc) is 2.82. The van der Waals surface area contributed by atoms with Gasteiger partial charge in [-0.2, -0.15) is 0 Å². The Bertz CT molecular complexity index is 622. The molecule has 2 aliphatic rings. The Balaban J connectivity index is 1.67. The van der Waals surface area contributed by atoms with Crippen molar-refractivity contribution >= 4 is 17.5 Å². The smallest absolute Gasteiger partial charge is 0.244 e. The summed E-state index contributed by atoms with van der Waals surface area (Å²) in [6, 6.07) is 6.21. The van der Waals surface area contributed by atoms with Crippen LogP contribution in [0.5, 0.6) is 0 Å². The number of benzene rings is 1. The normalized spacial score (nSPS) is 22.8. The second kappa shape index (κ2) is 7.30. The molecule has 0 aliphatic carbocycles. The van der Waals surface area contributed by atoms with Crippen molar-refractivity contribution in [2.24, 2.45) is 0 Å². The molecule has 0 radical (unpaired) electrons. The van der Waals surface area contributed by atoms with E-state index in [-0.39, 0.29) is 23.7 Å². The lowest BCUT2D eigenvalue weighted by Gasteiger charge is -2.26. The second-order valence-electron chi connectivity index (χ2n) is 6.37. The number of hydrogen-bond acceptors (Lipinski definition) is 3. The molecule has 0 bridgehead atoms. The van der Waals surface area contributed by atoms with Crippen LogP contribution in [0.25, 0.3) is 0 Å². The molecule has 5 nitrogen and oxygen atoms in total. The summed E-state index contributed by atoms with van der Waals surface area (Å²) in [5.74, 6) is -0.222. The molecule has 130 valence electrons. The first-order chi connectivity index (χ1) is 11.6. The topological polar surface area (TPSA) is 43.9 Å². The summed E-state index contributed by atoms with van der Waals surface area (Å²) in [4.78, 5) is 30.3. The first kappa shape index (κ1) is 16.9. The first-order valence-corrected chi connectivity index (χ1v) is 8.69. The quantitative estimate of drug-likeness (QED) is 0.848. The monoisotopic (exact) mass is 333 g/mol. The van der Waals surface area contributed by atoms with Crippen LogP contribution in [0.2, 0.25) is 0 Å². The lowest BCUT2D eigenvalue weighted by atomic mass is 10.2. The molecule has 0 aromatic heterocycles. The lowest BCUT2D eigenvalue weighted by Crippen LogP contribution is -2.44. The van der Waals surface area contributed by atoms with Crippen LogP contribution in [-0.4, -0.2) is 60.4 Å². The summed E-state index contributed by atoms with van der Waals surface area (Å²) in [6.07, 6.45) is 2.09. The Labute approximate surface area is 142 Å². The number of para-hydroxylation sites is 1. The second-order valence-corrected chi connectivity index (χ2v) is 6.37. The minimum atomic E-state index is -0.359. The Hall–Kier alpha value is -1.95. The van der Waals surface area contributed by atoms with Gasteiger partial charge in [0.1, 0.15) is 5.82 Å². The minimum absolute atomic E-state index is 0.0321. The molecule has 3 rings (SSSR count). The van der Waals surface area contributed by atoms with Crippen LogP contribution in [0.4, 0.5) is 10.1 Å². The standard InChI is InChI=1S/C18H24FN3O2/c1-2-17(23)21-10-5-9-20(12-13-21)16-8-11-22(18(16)24)15-7-4-3-6-14(15)19/h3-4,6-7,16H,2,5,8-13H2,1H3. The SMILES string of the molecule is CCC(=O)N1CCCN(C2CCN(c3ccccc3F)C2=O)CC1. The zero-order chi connectivity index (χ0) is 17.1. The number of rotatable bonds is 3. The molecule has 2 heterocycles. The minimum Gasteiger partial charge on any atom is -0.341 e. The molecule has 1 unspecified atom stereocenters. The Morgan fingerprint density at radius 2 is 1.96 bits per heavy atom. The van der Waals surface area contributed by atoms with Gasteiger partial charge in [0.15, 0.2) is 0 Å². The number of nitrogens with zero attached hydrogens (tertiary/aromatic N) is 3.